The number of halogens is 2. The highest BCUT2D eigenvalue weighted by Gasteiger charge is 2.26. The first-order valence-corrected chi connectivity index (χ1v) is 12.2. The normalized spacial score (nSPS) is 21.6. The van der Waals surface area contributed by atoms with Crippen LogP contribution >= 0.6 is 11.3 Å². The minimum atomic E-state index is -2.48. The van der Waals surface area contributed by atoms with E-state index in [1.165, 1.54) is 24.2 Å². The Morgan fingerprint density at radius 3 is 2.75 bits per heavy atom. The van der Waals surface area contributed by atoms with E-state index in [1.807, 2.05) is 0 Å². The summed E-state index contributed by atoms with van der Waals surface area (Å²) >= 11 is 1.40. The Morgan fingerprint density at radius 2 is 2.03 bits per heavy atom. The number of nitrogens with zero attached hydrogens (tertiary/aromatic N) is 4. The van der Waals surface area contributed by atoms with E-state index in [-0.39, 0.29) is 12.2 Å². The highest BCUT2D eigenvalue weighted by molar-refractivity contribution is 7.13. The van der Waals surface area contributed by atoms with Crippen LogP contribution in [0.2, 0.25) is 0 Å². The standard InChI is InChI=1S/C22H30F2N4O3S/c1-14-25-21(27-31-14)11-17(29)10-16-4-2-15(3-5-16)6-8-28-9-7-19-18(12-28)26-22(32-19)30-13-20(23)24/h15-16,20H,2-13H2,1H3. The number of ketones is 1. The second kappa shape index (κ2) is 10.8. The Balaban J connectivity index is 1.14. The minimum Gasteiger partial charge on any atom is -0.464 e. The smallest absolute Gasteiger partial charge is 0.273 e. The third-order valence-electron chi connectivity index (χ3n) is 6.38. The lowest BCUT2D eigenvalue weighted by Gasteiger charge is -2.31. The molecule has 0 bridgehead atoms. The van der Waals surface area contributed by atoms with Gasteiger partial charge in [0.25, 0.3) is 11.6 Å². The van der Waals surface area contributed by atoms with Gasteiger partial charge in [-0.25, -0.2) is 13.8 Å². The Hall–Kier alpha value is -1.94. The molecule has 0 atom stereocenters. The highest BCUT2D eigenvalue weighted by Crippen LogP contribution is 2.34. The van der Waals surface area contributed by atoms with Crippen molar-refractivity contribution in [3.05, 3.63) is 22.3 Å². The van der Waals surface area contributed by atoms with Crippen molar-refractivity contribution in [2.75, 3.05) is 19.7 Å². The van der Waals surface area contributed by atoms with Gasteiger partial charge in [0.2, 0.25) is 5.89 Å². The van der Waals surface area contributed by atoms with Crippen molar-refractivity contribution >= 4 is 17.1 Å². The number of rotatable bonds is 10. The maximum Gasteiger partial charge on any atom is 0.273 e. The van der Waals surface area contributed by atoms with Crippen LogP contribution in [0.5, 0.6) is 5.19 Å². The lowest BCUT2D eigenvalue weighted by Crippen LogP contribution is -2.32. The number of Topliss-reactive ketones (excluding diaryl/α,β-unsaturated/α-hetero) is 1. The summed E-state index contributed by atoms with van der Waals surface area (Å²) in [5.74, 6) is 2.33. The molecule has 4 rings (SSSR count). The molecule has 0 unspecified atom stereocenters. The van der Waals surface area contributed by atoms with Gasteiger partial charge in [-0.3, -0.25) is 9.69 Å². The number of aromatic nitrogens is 3. The van der Waals surface area contributed by atoms with E-state index < -0.39 is 13.0 Å². The van der Waals surface area contributed by atoms with E-state index in [1.54, 1.807) is 6.92 Å². The summed E-state index contributed by atoms with van der Waals surface area (Å²) in [4.78, 5) is 24.4. The number of fused-ring (bicyclic) bond motifs is 1. The molecule has 0 N–H and O–H groups in total. The summed E-state index contributed by atoms with van der Waals surface area (Å²) in [7, 11) is 0. The molecule has 1 aliphatic carbocycles. The average molecular weight is 469 g/mol. The van der Waals surface area contributed by atoms with Gasteiger partial charge < -0.3 is 9.26 Å². The molecule has 0 aromatic carbocycles. The van der Waals surface area contributed by atoms with Gasteiger partial charge in [-0.2, -0.15) is 4.98 Å². The Bertz CT molecular complexity index is 896. The fourth-order valence-electron chi connectivity index (χ4n) is 4.69. The van der Waals surface area contributed by atoms with Gasteiger partial charge in [0.05, 0.1) is 12.1 Å². The van der Waals surface area contributed by atoms with Crippen LogP contribution in [0.3, 0.4) is 0 Å². The number of carbonyl (C=O) groups is 1. The van der Waals surface area contributed by atoms with Gasteiger partial charge >= 0.3 is 0 Å². The van der Waals surface area contributed by atoms with Gasteiger partial charge in [-0.05, 0) is 44.1 Å². The summed E-state index contributed by atoms with van der Waals surface area (Å²) in [6, 6.07) is 0. The Kier molecular flexibility index (Phi) is 7.83. The predicted octanol–water partition coefficient (Wildman–Crippen LogP) is 4.23. The third kappa shape index (κ3) is 6.54. The molecule has 3 heterocycles. The van der Waals surface area contributed by atoms with Crippen molar-refractivity contribution < 1.29 is 22.8 Å². The van der Waals surface area contributed by atoms with Crippen molar-refractivity contribution in [3.63, 3.8) is 0 Å². The van der Waals surface area contributed by atoms with Gasteiger partial charge in [0.1, 0.15) is 5.78 Å². The van der Waals surface area contributed by atoms with Gasteiger partial charge in [0.15, 0.2) is 12.4 Å². The molecule has 0 spiro atoms. The summed E-state index contributed by atoms with van der Waals surface area (Å²) in [6.07, 6.45) is 4.98. The summed E-state index contributed by atoms with van der Waals surface area (Å²) < 4.78 is 34.7. The van der Waals surface area contributed by atoms with Gasteiger partial charge in [-0.15, -0.1) is 0 Å². The monoisotopic (exact) mass is 468 g/mol. The molecule has 1 fully saturated rings. The van der Waals surface area contributed by atoms with Crippen LogP contribution < -0.4 is 4.74 Å². The molecule has 1 saturated carbocycles. The molecule has 0 saturated heterocycles. The van der Waals surface area contributed by atoms with E-state index in [2.05, 4.69) is 20.0 Å². The Morgan fingerprint density at radius 1 is 1.25 bits per heavy atom. The average Bonchev–Trinajstić information content (AvgIpc) is 3.36. The largest absolute Gasteiger partial charge is 0.464 e. The van der Waals surface area contributed by atoms with Crippen molar-refractivity contribution in [3.8, 4) is 5.19 Å². The van der Waals surface area contributed by atoms with Crippen molar-refractivity contribution in [2.24, 2.45) is 11.8 Å². The van der Waals surface area contributed by atoms with E-state index in [0.717, 1.165) is 55.9 Å². The van der Waals surface area contributed by atoms with Crippen LogP contribution in [-0.4, -0.2) is 51.9 Å². The Labute approximate surface area is 190 Å². The number of aryl methyl sites for hydroxylation is 1. The van der Waals surface area contributed by atoms with Crippen LogP contribution in [0.15, 0.2) is 4.52 Å². The van der Waals surface area contributed by atoms with Crippen molar-refractivity contribution in [2.45, 2.75) is 71.3 Å². The zero-order valence-corrected chi connectivity index (χ0v) is 19.2. The molecule has 0 radical (unpaired) electrons. The fraction of sp³-hybridized carbons (Fsp3) is 0.727. The third-order valence-corrected chi connectivity index (χ3v) is 7.45. The van der Waals surface area contributed by atoms with Crippen molar-refractivity contribution in [1.82, 2.24) is 20.0 Å². The molecular weight excluding hydrogens is 438 g/mol. The SMILES string of the molecule is Cc1nc(CC(=O)CC2CCC(CCN3CCc4sc(OCC(F)F)nc4C3)CC2)no1. The minimum absolute atomic E-state index is 0.193. The van der Waals surface area contributed by atoms with Crippen molar-refractivity contribution in [1.29, 1.82) is 0 Å². The quantitative estimate of drug-likeness (QED) is 0.516. The number of thiazole rings is 1. The molecule has 2 aromatic rings. The lowest BCUT2D eigenvalue weighted by atomic mass is 9.78. The molecule has 2 aromatic heterocycles. The number of carbonyl (C=O) groups excluding carboxylic acids is 1. The van der Waals surface area contributed by atoms with Crippen LogP contribution in [0.1, 0.15) is 60.8 Å². The van der Waals surface area contributed by atoms with E-state index in [9.17, 15) is 13.6 Å². The lowest BCUT2D eigenvalue weighted by molar-refractivity contribution is -0.119. The molecule has 2 aliphatic rings. The molecule has 7 nitrogen and oxygen atoms in total. The first kappa shape index (κ1) is 23.2. The number of hydrogen-bond donors (Lipinski definition) is 0. The molecular formula is C22H30F2N4O3S. The number of hydrogen-bond acceptors (Lipinski definition) is 8. The number of alkyl halides is 2. The molecule has 1 aliphatic heterocycles. The first-order chi connectivity index (χ1) is 15.4. The zero-order valence-electron chi connectivity index (χ0n) is 18.4. The number of ether oxygens (including phenoxy) is 1. The first-order valence-electron chi connectivity index (χ1n) is 11.4. The summed E-state index contributed by atoms with van der Waals surface area (Å²) in [5.41, 5.74) is 0.976. The second-order valence-corrected chi connectivity index (χ2v) is 9.95. The molecule has 176 valence electrons. The molecule has 32 heavy (non-hydrogen) atoms. The topological polar surface area (TPSA) is 81.4 Å². The molecule has 10 heteroatoms. The maximum atomic E-state index is 12.3. The second-order valence-electron chi connectivity index (χ2n) is 8.90. The highest BCUT2D eigenvalue weighted by atomic mass is 32.1. The van der Waals surface area contributed by atoms with E-state index in [0.29, 0.717) is 35.2 Å². The summed E-state index contributed by atoms with van der Waals surface area (Å²) in [6.45, 7) is 3.90. The van der Waals surface area contributed by atoms with Crippen LogP contribution in [0, 0.1) is 18.8 Å². The van der Waals surface area contributed by atoms with Gasteiger partial charge in [-0.1, -0.05) is 29.3 Å². The van der Waals surface area contributed by atoms with Crippen LogP contribution in [-0.2, 0) is 24.2 Å². The van der Waals surface area contributed by atoms with E-state index >= 15 is 0 Å². The predicted molar refractivity (Wildman–Crippen MR) is 115 cm³/mol. The maximum absolute atomic E-state index is 12.3. The summed E-state index contributed by atoms with van der Waals surface area (Å²) in [5, 5.41) is 4.17. The van der Waals surface area contributed by atoms with Crippen LogP contribution in [0.25, 0.3) is 0 Å². The fourth-order valence-corrected chi connectivity index (χ4v) is 5.60. The zero-order chi connectivity index (χ0) is 22.5. The van der Waals surface area contributed by atoms with Crippen LogP contribution in [0.4, 0.5) is 8.78 Å². The van der Waals surface area contributed by atoms with E-state index in [4.69, 9.17) is 9.26 Å². The van der Waals surface area contributed by atoms with Gasteiger partial charge in [0, 0.05) is 31.3 Å². The molecule has 0 amide bonds.